The normalized spacial score (nSPS) is 15.1. The van der Waals surface area contributed by atoms with E-state index in [2.05, 4.69) is 23.4 Å². The summed E-state index contributed by atoms with van der Waals surface area (Å²) in [6.07, 6.45) is 1.04. The number of nitrogens with zero attached hydrogens (tertiary/aromatic N) is 2. The zero-order valence-corrected chi connectivity index (χ0v) is 11.8. The van der Waals surface area contributed by atoms with Gasteiger partial charge in [0.25, 0.3) is 0 Å². The van der Waals surface area contributed by atoms with E-state index in [-0.39, 0.29) is 5.38 Å². The third-order valence-corrected chi connectivity index (χ3v) is 3.50. The molecule has 0 radical (unpaired) electrons. The predicted octanol–water partition coefficient (Wildman–Crippen LogP) is 4.96. The molecule has 92 valence electrons. The Kier molecular flexibility index (Phi) is 3.64. The van der Waals surface area contributed by atoms with E-state index in [1.54, 1.807) is 0 Å². The molecule has 0 fully saturated rings. The number of hydrogen-bond acceptors (Lipinski definition) is 1. The van der Waals surface area contributed by atoms with Gasteiger partial charge in [-0.3, -0.25) is 0 Å². The Labute approximate surface area is 112 Å². The molecule has 2 rings (SSSR count). The molecule has 0 aliphatic rings. The lowest BCUT2D eigenvalue weighted by atomic mass is 10.2. The standard InChI is InChI=1S/C13H16Cl2N2/c1-4-8(2)17-12-7-10(15)5-6-11(12)16-13(17)9(3)14/h5-9H,4H2,1-3H3. The van der Waals surface area contributed by atoms with Crippen molar-refractivity contribution in [2.24, 2.45) is 0 Å². The summed E-state index contributed by atoms with van der Waals surface area (Å²) in [6.45, 7) is 6.28. The van der Waals surface area contributed by atoms with Crippen molar-refractivity contribution in [3.63, 3.8) is 0 Å². The van der Waals surface area contributed by atoms with Crippen molar-refractivity contribution in [2.75, 3.05) is 0 Å². The molecule has 1 aromatic heterocycles. The number of fused-ring (bicyclic) bond motifs is 1. The van der Waals surface area contributed by atoms with Crippen LogP contribution in [0.5, 0.6) is 0 Å². The summed E-state index contributed by atoms with van der Waals surface area (Å²) >= 11 is 12.3. The van der Waals surface area contributed by atoms with Crippen molar-refractivity contribution in [3.05, 3.63) is 29.0 Å². The van der Waals surface area contributed by atoms with Crippen LogP contribution < -0.4 is 0 Å². The molecule has 0 aliphatic heterocycles. The Morgan fingerprint density at radius 1 is 1.35 bits per heavy atom. The Balaban J connectivity index is 2.73. The van der Waals surface area contributed by atoms with Crippen molar-refractivity contribution in [3.8, 4) is 0 Å². The van der Waals surface area contributed by atoms with E-state index < -0.39 is 0 Å². The first-order valence-corrected chi connectivity index (χ1v) is 6.67. The molecule has 0 bridgehead atoms. The molecule has 2 aromatic rings. The van der Waals surface area contributed by atoms with E-state index >= 15 is 0 Å². The Morgan fingerprint density at radius 3 is 2.65 bits per heavy atom. The van der Waals surface area contributed by atoms with Crippen molar-refractivity contribution >= 4 is 34.2 Å². The highest BCUT2D eigenvalue weighted by Gasteiger charge is 2.18. The lowest BCUT2D eigenvalue weighted by Gasteiger charge is -2.16. The van der Waals surface area contributed by atoms with Gasteiger partial charge in [-0.05, 0) is 38.5 Å². The van der Waals surface area contributed by atoms with Gasteiger partial charge in [0.15, 0.2) is 0 Å². The van der Waals surface area contributed by atoms with Gasteiger partial charge in [-0.15, -0.1) is 11.6 Å². The van der Waals surface area contributed by atoms with Crippen LogP contribution in [0.25, 0.3) is 11.0 Å². The molecular formula is C13H16Cl2N2. The molecule has 2 atom stereocenters. The van der Waals surface area contributed by atoms with Gasteiger partial charge in [0.05, 0.1) is 16.4 Å². The number of imidazole rings is 1. The number of rotatable bonds is 3. The van der Waals surface area contributed by atoms with Crippen LogP contribution in [0.4, 0.5) is 0 Å². The molecule has 17 heavy (non-hydrogen) atoms. The largest absolute Gasteiger partial charge is 0.324 e. The van der Waals surface area contributed by atoms with Crippen LogP contribution in [0.3, 0.4) is 0 Å². The molecule has 1 aromatic carbocycles. The summed E-state index contributed by atoms with van der Waals surface area (Å²) in [5, 5.41) is 0.630. The molecule has 0 saturated heterocycles. The highest BCUT2D eigenvalue weighted by atomic mass is 35.5. The molecule has 2 unspecified atom stereocenters. The third kappa shape index (κ3) is 2.29. The van der Waals surface area contributed by atoms with E-state index in [0.29, 0.717) is 6.04 Å². The third-order valence-electron chi connectivity index (χ3n) is 3.07. The fourth-order valence-corrected chi connectivity index (χ4v) is 2.33. The highest BCUT2D eigenvalue weighted by Crippen LogP contribution is 2.30. The average Bonchev–Trinajstić information content (AvgIpc) is 2.66. The second kappa shape index (κ2) is 4.87. The first kappa shape index (κ1) is 12.7. The van der Waals surface area contributed by atoms with Crippen LogP contribution >= 0.6 is 23.2 Å². The smallest absolute Gasteiger partial charge is 0.127 e. The Bertz CT molecular complexity index is 531. The average molecular weight is 271 g/mol. The van der Waals surface area contributed by atoms with Crippen LogP contribution in [0.1, 0.15) is 44.4 Å². The maximum atomic E-state index is 6.20. The SMILES string of the molecule is CCC(C)n1c(C(C)Cl)nc2ccc(Cl)cc21. The summed E-state index contributed by atoms with van der Waals surface area (Å²) in [5.41, 5.74) is 2.02. The van der Waals surface area contributed by atoms with Crippen LogP contribution in [0.15, 0.2) is 18.2 Å². The summed E-state index contributed by atoms with van der Waals surface area (Å²) in [7, 11) is 0. The second-order valence-corrected chi connectivity index (χ2v) is 5.44. The zero-order chi connectivity index (χ0) is 12.6. The van der Waals surface area contributed by atoms with Crippen molar-refractivity contribution in [1.82, 2.24) is 9.55 Å². The lowest BCUT2D eigenvalue weighted by Crippen LogP contribution is -2.08. The van der Waals surface area contributed by atoms with Gasteiger partial charge in [-0.25, -0.2) is 4.98 Å². The summed E-state index contributed by atoms with van der Waals surface area (Å²) in [5.74, 6) is 0.915. The maximum absolute atomic E-state index is 6.20. The summed E-state index contributed by atoms with van der Waals surface area (Å²) in [6, 6.07) is 6.13. The minimum atomic E-state index is -0.102. The first-order valence-electron chi connectivity index (χ1n) is 5.86. The summed E-state index contributed by atoms with van der Waals surface area (Å²) < 4.78 is 2.19. The van der Waals surface area contributed by atoms with Crippen molar-refractivity contribution in [2.45, 2.75) is 38.6 Å². The maximum Gasteiger partial charge on any atom is 0.127 e. The quantitative estimate of drug-likeness (QED) is 0.721. The Morgan fingerprint density at radius 2 is 2.06 bits per heavy atom. The number of halogens is 2. The molecule has 4 heteroatoms. The number of hydrogen-bond donors (Lipinski definition) is 0. The van der Waals surface area contributed by atoms with Crippen molar-refractivity contribution < 1.29 is 0 Å². The van der Waals surface area contributed by atoms with Gasteiger partial charge in [-0.1, -0.05) is 18.5 Å². The van der Waals surface area contributed by atoms with Gasteiger partial charge >= 0.3 is 0 Å². The topological polar surface area (TPSA) is 17.8 Å². The lowest BCUT2D eigenvalue weighted by molar-refractivity contribution is 0.522. The van der Waals surface area contributed by atoms with Gasteiger partial charge in [0, 0.05) is 11.1 Å². The number of benzene rings is 1. The highest BCUT2D eigenvalue weighted by molar-refractivity contribution is 6.31. The fraction of sp³-hybridized carbons (Fsp3) is 0.462. The molecule has 0 spiro atoms. The second-order valence-electron chi connectivity index (χ2n) is 4.35. The molecule has 1 heterocycles. The zero-order valence-electron chi connectivity index (χ0n) is 10.2. The van der Waals surface area contributed by atoms with Crippen LogP contribution in [-0.2, 0) is 0 Å². The van der Waals surface area contributed by atoms with E-state index in [9.17, 15) is 0 Å². The minimum Gasteiger partial charge on any atom is -0.324 e. The van der Waals surface area contributed by atoms with E-state index in [1.807, 2.05) is 25.1 Å². The van der Waals surface area contributed by atoms with Crippen LogP contribution in [-0.4, -0.2) is 9.55 Å². The Hall–Kier alpha value is -0.730. The van der Waals surface area contributed by atoms with Crippen LogP contribution in [0, 0.1) is 0 Å². The number of alkyl halides is 1. The fourth-order valence-electron chi connectivity index (χ4n) is 2.01. The molecular weight excluding hydrogens is 255 g/mol. The van der Waals surface area contributed by atoms with Gasteiger partial charge in [0.1, 0.15) is 5.82 Å². The molecule has 2 nitrogen and oxygen atoms in total. The van der Waals surface area contributed by atoms with E-state index in [0.717, 1.165) is 28.3 Å². The molecule has 0 aliphatic carbocycles. The number of aromatic nitrogens is 2. The minimum absolute atomic E-state index is 0.102. The molecule has 0 amide bonds. The molecule has 0 N–H and O–H groups in total. The van der Waals surface area contributed by atoms with E-state index in [4.69, 9.17) is 23.2 Å². The first-order chi connectivity index (χ1) is 8.04. The van der Waals surface area contributed by atoms with Crippen molar-refractivity contribution in [1.29, 1.82) is 0 Å². The van der Waals surface area contributed by atoms with Gasteiger partial charge < -0.3 is 4.57 Å². The van der Waals surface area contributed by atoms with E-state index in [1.165, 1.54) is 0 Å². The summed E-state index contributed by atoms with van der Waals surface area (Å²) in [4.78, 5) is 4.59. The monoisotopic (exact) mass is 270 g/mol. The predicted molar refractivity (Wildman–Crippen MR) is 74.0 cm³/mol. The van der Waals surface area contributed by atoms with Crippen LogP contribution in [0.2, 0.25) is 5.02 Å². The van der Waals surface area contributed by atoms with Gasteiger partial charge in [0.2, 0.25) is 0 Å². The molecule has 0 saturated carbocycles. The van der Waals surface area contributed by atoms with Gasteiger partial charge in [-0.2, -0.15) is 0 Å².